The maximum atomic E-state index is 14.8. The van der Waals surface area contributed by atoms with Gasteiger partial charge in [-0.1, -0.05) is 6.07 Å². The number of fused-ring (bicyclic) bond motifs is 1. The van der Waals surface area contributed by atoms with Crippen LogP contribution in [-0.4, -0.2) is 42.1 Å². The number of hydrogen-bond acceptors (Lipinski definition) is 6. The molecule has 0 unspecified atom stereocenters. The summed E-state index contributed by atoms with van der Waals surface area (Å²) in [5, 5.41) is 5.69. The number of amides is 1. The van der Waals surface area contributed by atoms with Gasteiger partial charge in [0.15, 0.2) is 11.6 Å². The number of carbonyl (C=O) groups is 1. The van der Waals surface area contributed by atoms with Crippen LogP contribution in [0.25, 0.3) is 11.0 Å². The number of anilines is 2. The van der Waals surface area contributed by atoms with Gasteiger partial charge in [0.2, 0.25) is 0 Å². The number of nitrogens with one attached hydrogen (secondary N) is 2. The summed E-state index contributed by atoms with van der Waals surface area (Å²) in [6.45, 7) is 3.35. The van der Waals surface area contributed by atoms with Crippen LogP contribution in [0.5, 0.6) is 11.5 Å². The molecule has 0 saturated carbocycles. The fraction of sp³-hybridized carbons (Fsp3) is 0.192. The molecule has 2 N–H and O–H groups in total. The van der Waals surface area contributed by atoms with E-state index in [-0.39, 0.29) is 17.0 Å². The quantitative estimate of drug-likeness (QED) is 0.357. The predicted octanol–water partition coefficient (Wildman–Crippen LogP) is 5.24. The van der Waals surface area contributed by atoms with E-state index in [1.807, 2.05) is 0 Å². The van der Waals surface area contributed by atoms with Crippen molar-refractivity contribution in [2.75, 3.05) is 36.4 Å². The Bertz CT molecular complexity index is 1450. The van der Waals surface area contributed by atoms with E-state index in [9.17, 15) is 22.4 Å². The maximum Gasteiger partial charge on any atom is 0.416 e. The Morgan fingerprint density at radius 3 is 2.57 bits per heavy atom. The number of carbonyl (C=O) groups excluding carboxylic acids is 1. The second kappa shape index (κ2) is 10.0. The number of nitrogens with zero attached hydrogens (tertiary/aromatic N) is 3. The van der Waals surface area contributed by atoms with Gasteiger partial charge >= 0.3 is 6.18 Å². The Balaban J connectivity index is 1.30. The minimum absolute atomic E-state index is 0.0669. The normalized spacial score (nSPS) is 14.0. The number of aromatic nitrogens is 2. The molecule has 190 valence electrons. The first-order chi connectivity index (χ1) is 17.8. The van der Waals surface area contributed by atoms with Crippen molar-refractivity contribution >= 4 is 28.4 Å². The third-order valence-electron chi connectivity index (χ3n) is 5.81. The molecular weight excluding hydrogens is 490 g/mol. The zero-order valence-corrected chi connectivity index (χ0v) is 19.3. The molecule has 3 aromatic carbocycles. The average Bonchev–Trinajstić information content (AvgIpc) is 2.90. The van der Waals surface area contributed by atoms with Crippen molar-refractivity contribution in [3.05, 3.63) is 83.8 Å². The van der Waals surface area contributed by atoms with Crippen molar-refractivity contribution < 1.29 is 27.1 Å². The van der Waals surface area contributed by atoms with Gasteiger partial charge in [-0.05, 0) is 42.5 Å². The summed E-state index contributed by atoms with van der Waals surface area (Å²) in [6, 6.07) is 12.8. The Kier molecular flexibility index (Phi) is 6.62. The summed E-state index contributed by atoms with van der Waals surface area (Å²) >= 11 is 0. The standard InChI is InChI=1S/C26H21F4N5O2/c27-20-13-18(33-25(36)16-2-1-3-17(12-16)26(28,29)30)4-7-23(20)37-19-5-6-21-22(14-19)34-24(15-32-21)35-10-8-31-9-11-35/h1-7,12-15,31H,8-11H2,(H,33,36). The topological polar surface area (TPSA) is 79.4 Å². The maximum absolute atomic E-state index is 14.8. The van der Waals surface area contributed by atoms with Crippen molar-refractivity contribution in [2.24, 2.45) is 0 Å². The molecule has 0 radical (unpaired) electrons. The molecule has 0 bridgehead atoms. The summed E-state index contributed by atoms with van der Waals surface area (Å²) in [4.78, 5) is 23.6. The zero-order chi connectivity index (χ0) is 26.0. The van der Waals surface area contributed by atoms with Crippen LogP contribution in [-0.2, 0) is 6.18 Å². The molecular formula is C26H21F4N5O2. The second-order valence-corrected chi connectivity index (χ2v) is 8.40. The predicted molar refractivity (Wildman–Crippen MR) is 130 cm³/mol. The van der Waals surface area contributed by atoms with Crippen LogP contribution in [0.3, 0.4) is 0 Å². The minimum atomic E-state index is -4.58. The van der Waals surface area contributed by atoms with Crippen LogP contribution >= 0.6 is 0 Å². The molecule has 1 aromatic heterocycles. The highest BCUT2D eigenvalue weighted by atomic mass is 19.4. The number of hydrogen-bond donors (Lipinski definition) is 2. The Hall–Kier alpha value is -4.25. The molecule has 1 saturated heterocycles. The van der Waals surface area contributed by atoms with Gasteiger partial charge in [0.1, 0.15) is 11.6 Å². The van der Waals surface area contributed by atoms with Gasteiger partial charge in [0.05, 0.1) is 22.8 Å². The lowest BCUT2D eigenvalue weighted by Crippen LogP contribution is -2.43. The average molecular weight is 511 g/mol. The largest absolute Gasteiger partial charge is 0.454 e. The molecule has 1 fully saturated rings. The van der Waals surface area contributed by atoms with E-state index in [0.29, 0.717) is 16.8 Å². The van der Waals surface area contributed by atoms with Crippen molar-refractivity contribution in [1.82, 2.24) is 15.3 Å². The van der Waals surface area contributed by atoms with Crippen LogP contribution in [0.4, 0.5) is 29.1 Å². The Morgan fingerprint density at radius 2 is 1.81 bits per heavy atom. The zero-order valence-electron chi connectivity index (χ0n) is 19.3. The van der Waals surface area contributed by atoms with E-state index in [2.05, 4.69) is 25.5 Å². The van der Waals surface area contributed by atoms with E-state index in [4.69, 9.17) is 4.74 Å². The summed E-state index contributed by atoms with van der Waals surface area (Å²) in [7, 11) is 0. The van der Waals surface area contributed by atoms with Crippen LogP contribution in [0, 0.1) is 5.82 Å². The smallest absolute Gasteiger partial charge is 0.416 e. The number of rotatable bonds is 5. The van der Waals surface area contributed by atoms with Gasteiger partial charge in [-0.25, -0.2) is 9.37 Å². The van der Waals surface area contributed by atoms with Crippen LogP contribution in [0.1, 0.15) is 15.9 Å². The first kappa shape index (κ1) is 24.4. The third kappa shape index (κ3) is 5.61. The molecule has 5 rings (SSSR count). The van der Waals surface area contributed by atoms with Gasteiger partial charge in [-0.3, -0.25) is 9.78 Å². The number of ether oxygens (including phenoxy) is 1. The fourth-order valence-corrected chi connectivity index (χ4v) is 3.92. The van der Waals surface area contributed by atoms with Crippen molar-refractivity contribution in [3.8, 4) is 11.5 Å². The van der Waals surface area contributed by atoms with Gasteiger partial charge in [0.25, 0.3) is 5.91 Å². The molecule has 11 heteroatoms. The highest BCUT2D eigenvalue weighted by Gasteiger charge is 2.31. The van der Waals surface area contributed by atoms with Crippen LogP contribution in [0.2, 0.25) is 0 Å². The number of piperazine rings is 1. The highest BCUT2D eigenvalue weighted by molar-refractivity contribution is 6.04. The van der Waals surface area contributed by atoms with E-state index in [0.717, 1.165) is 56.3 Å². The molecule has 2 heterocycles. The summed E-state index contributed by atoms with van der Waals surface area (Å²) in [5.74, 6) is -0.560. The number of alkyl halides is 3. The minimum Gasteiger partial charge on any atom is -0.454 e. The monoisotopic (exact) mass is 511 g/mol. The molecule has 0 spiro atoms. The summed E-state index contributed by atoms with van der Waals surface area (Å²) in [6.07, 6.45) is -2.86. The first-order valence-electron chi connectivity index (χ1n) is 11.4. The molecule has 1 amide bonds. The molecule has 4 aromatic rings. The van der Waals surface area contributed by atoms with Gasteiger partial charge in [0, 0.05) is 49.6 Å². The molecule has 1 aliphatic rings. The van der Waals surface area contributed by atoms with Crippen LogP contribution < -0.4 is 20.3 Å². The molecule has 1 aliphatic heterocycles. The van der Waals surface area contributed by atoms with E-state index in [1.165, 1.54) is 18.2 Å². The van der Waals surface area contributed by atoms with E-state index in [1.54, 1.807) is 24.4 Å². The fourth-order valence-electron chi connectivity index (χ4n) is 3.92. The third-order valence-corrected chi connectivity index (χ3v) is 5.81. The van der Waals surface area contributed by atoms with Crippen molar-refractivity contribution in [2.45, 2.75) is 6.18 Å². The Morgan fingerprint density at radius 1 is 1.00 bits per heavy atom. The van der Waals surface area contributed by atoms with Gasteiger partial charge in [-0.2, -0.15) is 13.2 Å². The Labute approximate surface area is 209 Å². The van der Waals surface area contributed by atoms with Gasteiger partial charge in [-0.15, -0.1) is 0 Å². The van der Waals surface area contributed by atoms with Crippen molar-refractivity contribution in [3.63, 3.8) is 0 Å². The first-order valence-corrected chi connectivity index (χ1v) is 11.4. The summed E-state index contributed by atoms with van der Waals surface area (Å²) in [5.41, 5.74) is 0.179. The molecule has 0 atom stereocenters. The van der Waals surface area contributed by atoms with Crippen molar-refractivity contribution in [1.29, 1.82) is 0 Å². The number of benzene rings is 3. The lowest BCUT2D eigenvalue weighted by Gasteiger charge is -2.28. The lowest BCUT2D eigenvalue weighted by molar-refractivity contribution is -0.137. The molecule has 0 aliphatic carbocycles. The van der Waals surface area contributed by atoms with Crippen LogP contribution in [0.15, 0.2) is 66.9 Å². The second-order valence-electron chi connectivity index (χ2n) is 8.40. The van der Waals surface area contributed by atoms with E-state index < -0.39 is 23.5 Å². The molecule has 37 heavy (non-hydrogen) atoms. The summed E-state index contributed by atoms with van der Waals surface area (Å²) < 4.78 is 59.2. The van der Waals surface area contributed by atoms with E-state index >= 15 is 0 Å². The number of halogens is 4. The molecule has 7 nitrogen and oxygen atoms in total. The highest BCUT2D eigenvalue weighted by Crippen LogP contribution is 2.31. The lowest BCUT2D eigenvalue weighted by atomic mass is 10.1. The van der Waals surface area contributed by atoms with Gasteiger partial charge < -0.3 is 20.3 Å². The SMILES string of the molecule is O=C(Nc1ccc(Oc2ccc3ncc(N4CCNCC4)nc3c2)c(F)c1)c1cccc(C(F)(F)F)c1.